The Labute approximate surface area is 145 Å². The standard InChI is InChI=1S/C14H25N3O8/c1-15-9-12(10-15)5-4-8-23-14(18)7-3-2-6-13(25-17(21)22)11-24-16(19)20/h12-13H,2-11H2,1H3. The van der Waals surface area contributed by atoms with Crippen molar-refractivity contribution in [2.75, 3.05) is 33.4 Å². The summed E-state index contributed by atoms with van der Waals surface area (Å²) in [7, 11) is 2.07. The van der Waals surface area contributed by atoms with Gasteiger partial charge in [0.1, 0.15) is 12.7 Å². The second kappa shape index (κ2) is 11.4. The Balaban J connectivity index is 2.03. The molecule has 1 aliphatic heterocycles. The zero-order chi connectivity index (χ0) is 18.7. The number of nitrogens with zero attached hydrogens (tertiary/aromatic N) is 3. The highest BCUT2D eigenvalue weighted by Gasteiger charge is 2.22. The van der Waals surface area contributed by atoms with Crippen molar-refractivity contribution in [3.8, 4) is 0 Å². The second-order valence-electron chi connectivity index (χ2n) is 6.17. The summed E-state index contributed by atoms with van der Waals surface area (Å²) in [5.41, 5.74) is 0. The van der Waals surface area contributed by atoms with Crippen LogP contribution in [0, 0.1) is 26.1 Å². The number of carbonyl (C=O) groups excluding carboxylic acids is 1. The molecule has 144 valence electrons. The molecule has 1 fully saturated rings. The molecule has 0 bridgehead atoms. The van der Waals surface area contributed by atoms with Crippen LogP contribution in [0.4, 0.5) is 0 Å². The van der Waals surface area contributed by atoms with Crippen LogP contribution in [0.2, 0.25) is 0 Å². The van der Waals surface area contributed by atoms with Crippen molar-refractivity contribution in [2.45, 2.75) is 44.6 Å². The Hall–Kier alpha value is -2.17. The molecule has 0 spiro atoms. The van der Waals surface area contributed by atoms with Crippen LogP contribution in [0.1, 0.15) is 38.5 Å². The second-order valence-corrected chi connectivity index (χ2v) is 6.17. The minimum absolute atomic E-state index is 0.178. The first-order chi connectivity index (χ1) is 11.9. The van der Waals surface area contributed by atoms with E-state index in [2.05, 4.69) is 21.6 Å². The maximum absolute atomic E-state index is 11.6. The van der Waals surface area contributed by atoms with E-state index in [0.29, 0.717) is 25.4 Å². The highest BCUT2D eigenvalue weighted by atomic mass is 17.0. The largest absolute Gasteiger partial charge is 0.466 e. The summed E-state index contributed by atoms with van der Waals surface area (Å²) in [5, 5.41) is 18.4. The monoisotopic (exact) mass is 363 g/mol. The number of esters is 1. The third kappa shape index (κ3) is 10.3. The summed E-state index contributed by atoms with van der Waals surface area (Å²) in [4.78, 5) is 42.6. The smallest absolute Gasteiger partial charge is 0.305 e. The van der Waals surface area contributed by atoms with Gasteiger partial charge in [-0.1, -0.05) is 6.42 Å². The van der Waals surface area contributed by atoms with Gasteiger partial charge in [-0.05, 0) is 38.6 Å². The molecule has 11 nitrogen and oxygen atoms in total. The van der Waals surface area contributed by atoms with Crippen LogP contribution in [-0.2, 0) is 19.2 Å². The number of ether oxygens (including phenoxy) is 1. The molecular formula is C14H25N3O8. The Bertz CT molecular complexity index is 442. The molecule has 0 saturated carbocycles. The SMILES string of the molecule is CN1CC(CCCOC(=O)CCCCC(CO[N+](=O)[O-])O[N+](=O)[O-])C1. The molecule has 0 aromatic heterocycles. The maximum Gasteiger partial charge on any atom is 0.305 e. The Morgan fingerprint density at radius 2 is 1.92 bits per heavy atom. The normalized spacial score (nSPS) is 15.9. The highest BCUT2D eigenvalue weighted by molar-refractivity contribution is 5.69. The average Bonchev–Trinajstić information content (AvgIpc) is 2.50. The minimum atomic E-state index is -1.03. The van der Waals surface area contributed by atoms with Gasteiger partial charge in [0.2, 0.25) is 0 Å². The number of likely N-dealkylation sites (tertiary alicyclic amines) is 1. The lowest BCUT2D eigenvalue weighted by Gasteiger charge is -2.36. The minimum Gasteiger partial charge on any atom is -0.466 e. The fourth-order valence-corrected chi connectivity index (χ4v) is 2.71. The Kier molecular flexibility index (Phi) is 9.51. The van der Waals surface area contributed by atoms with E-state index < -0.39 is 22.9 Å². The van der Waals surface area contributed by atoms with Gasteiger partial charge in [0.15, 0.2) is 0 Å². The number of hydrogen-bond donors (Lipinski definition) is 0. The number of unbranched alkanes of at least 4 members (excludes halogenated alkanes) is 1. The van der Waals surface area contributed by atoms with E-state index in [1.807, 2.05) is 0 Å². The summed E-state index contributed by atoms with van der Waals surface area (Å²) in [5.74, 6) is 0.391. The van der Waals surface area contributed by atoms with Crippen LogP contribution in [0.25, 0.3) is 0 Å². The fraction of sp³-hybridized carbons (Fsp3) is 0.929. The van der Waals surface area contributed by atoms with Crippen molar-refractivity contribution in [3.63, 3.8) is 0 Å². The van der Waals surface area contributed by atoms with Crippen molar-refractivity contribution in [1.82, 2.24) is 4.90 Å². The predicted molar refractivity (Wildman–Crippen MR) is 84.5 cm³/mol. The van der Waals surface area contributed by atoms with E-state index in [1.165, 1.54) is 0 Å². The first kappa shape index (κ1) is 20.9. The molecule has 0 amide bonds. The van der Waals surface area contributed by atoms with Gasteiger partial charge >= 0.3 is 5.97 Å². The molecule has 0 aliphatic carbocycles. The zero-order valence-electron chi connectivity index (χ0n) is 14.3. The molecule has 11 heteroatoms. The van der Waals surface area contributed by atoms with Crippen molar-refractivity contribution in [2.24, 2.45) is 5.92 Å². The van der Waals surface area contributed by atoms with Crippen LogP contribution in [0.5, 0.6) is 0 Å². The van der Waals surface area contributed by atoms with E-state index in [4.69, 9.17) is 4.74 Å². The third-order valence-corrected chi connectivity index (χ3v) is 3.92. The van der Waals surface area contributed by atoms with Crippen LogP contribution in [0.15, 0.2) is 0 Å². The maximum atomic E-state index is 11.6. The first-order valence-electron chi connectivity index (χ1n) is 8.29. The first-order valence-corrected chi connectivity index (χ1v) is 8.29. The average molecular weight is 363 g/mol. The number of hydrogen-bond acceptors (Lipinski definition) is 9. The number of carbonyl (C=O) groups is 1. The zero-order valence-corrected chi connectivity index (χ0v) is 14.3. The number of rotatable bonds is 14. The van der Waals surface area contributed by atoms with Crippen LogP contribution < -0.4 is 0 Å². The Morgan fingerprint density at radius 3 is 2.52 bits per heavy atom. The van der Waals surface area contributed by atoms with Gasteiger partial charge in [0.05, 0.1) is 6.61 Å². The van der Waals surface area contributed by atoms with Crippen LogP contribution in [-0.4, -0.2) is 60.5 Å². The van der Waals surface area contributed by atoms with Crippen molar-refractivity contribution >= 4 is 5.97 Å². The Morgan fingerprint density at radius 1 is 1.20 bits per heavy atom. The third-order valence-electron chi connectivity index (χ3n) is 3.92. The van der Waals surface area contributed by atoms with E-state index in [9.17, 15) is 25.0 Å². The molecule has 25 heavy (non-hydrogen) atoms. The summed E-state index contributed by atoms with van der Waals surface area (Å²) in [6, 6.07) is 0. The van der Waals surface area contributed by atoms with Crippen molar-refractivity contribution in [1.29, 1.82) is 0 Å². The van der Waals surface area contributed by atoms with Gasteiger partial charge in [-0.3, -0.25) is 4.79 Å². The van der Waals surface area contributed by atoms with E-state index >= 15 is 0 Å². The molecular weight excluding hydrogens is 338 g/mol. The van der Waals surface area contributed by atoms with Gasteiger partial charge < -0.3 is 19.3 Å². The lowest BCUT2D eigenvalue weighted by molar-refractivity contribution is -0.790. The summed E-state index contributed by atoms with van der Waals surface area (Å²) < 4.78 is 5.13. The van der Waals surface area contributed by atoms with Gasteiger partial charge in [-0.15, -0.1) is 20.2 Å². The van der Waals surface area contributed by atoms with Crippen LogP contribution in [0.3, 0.4) is 0 Å². The summed E-state index contributed by atoms with van der Waals surface area (Å²) in [6.45, 7) is 2.08. The van der Waals surface area contributed by atoms with Gasteiger partial charge in [0.25, 0.3) is 10.2 Å². The van der Waals surface area contributed by atoms with Crippen LogP contribution >= 0.6 is 0 Å². The summed E-state index contributed by atoms with van der Waals surface area (Å²) in [6.07, 6.45) is 2.14. The lowest BCUT2D eigenvalue weighted by Crippen LogP contribution is -2.43. The molecule has 1 atom stereocenters. The fourth-order valence-electron chi connectivity index (χ4n) is 2.71. The highest BCUT2D eigenvalue weighted by Crippen LogP contribution is 2.18. The van der Waals surface area contributed by atoms with E-state index in [-0.39, 0.29) is 18.8 Å². The lowest BCUT2D eigenvalue weighted by atomic mass is 9.96. The van der Waals surface area contributed by atoms with E-state index in [0.717, 1.165) is 25.9 Å². The van der Waals surface area contributed by atoms with Gasteiger partial charge in [0, 0.05) is 19.5 Å². The van der Waals surface area contributed by atoms with Gasteiger partial charge in [-0.2, -0.15) is 0 Å². The molecule has 1 heterocycles. The topological polar surface area (TPSA) is 134 Å². The predicted octanol–water partition coefficient (Wildman–Crippen LogP) is 1.22. The van der Waals surface area contributed by atoms with Crippen molar-refractivity contribution in [3.05, 3.63) is 20.2 Å². The molecule has 1 rings (SSSR count). The molecule has 0 aromatic carbocycles. The van der Waals surface area contributed by atoms with Gasteiger partial charge in [-0.25, -0.2) is 0 Å². The molecule has 1 aliphatic rings. The quantitative estimate of drug-likeness (QED) is 0.193. The summed E-state index contributed by atoms with van der Waals surface area (Å²) >= 11 is 0. The molecule has 1 unspecified atom stereocenters. The molecule has 1 saturated heterocycles. The molecule has 0 aromatic rings. The van der Waals surface area contributed by atoms with Crippen molar-refractivity contribution < 1.29 is 29.4 Å². The molecule has 0 radical (unpaired) electrons. The molecule has 0 N–H and O–H groups in total. The van der Waals surface area contributed by atoms with E-state index in [1.54, 1.807) is 0 Å².